The van der Waals surface area contributed by atoms with Crippen LogP contribution in [-0.4, -0.2) is 48.6 Å². The number of hydrogen-bond donors (Lipinski definition) is 1. The molecule has 0 spiro atoms. The molecule has 1 aromatic rings. The number of anilines is 1. The first kappa shape index (κ1) is 14.7. The number of urea groups is 1. The molecular formula is C14H18N2O3S. The zero-order valence-electron chi connectivity index (χ0n) is 11.6. The molecule has 1 saturated heterocycles. The molecule has 5 nitrogen and oxygen atoms in total. The van der Waals surface area contributed by atoms with E-state index in [0.29, 0.717) is 5.56 Å². The Kier molecular flexibility index (Phi) is 4.89. The Morgan fingerprint density at radius 1 is 1.30 bits per heavy atom. The lowest BCUT2D eigenvalue weighted by Gasteiger charge is -2.26. The molecular weight excluding hydrogens is 276 g/mol. The molecule has 0 aromatic heterocycles. The summed E-state index contributed by atoms with van der Waals surface area (Å²) in [6, 6.07) is 5.02. The summed E-state index contributed by atoms with van der Waals surface area (Å²) in [5.41, 5.74) is 2.05. The fourth-order valence-electron chi connectivity index (χ4n) is 2.01. The summed E-state index contributed by atoms with van der Waals surface area (Å²) >= 11 is 1.86. The Hall–Kier alpha value is -1.69. The molecule has 0 aliphatic carbocycles. The molecule has 1 aromatic carbocycles. The largest absolute Gasteiger partial charge is 0.465 e. The van der Waals surface area contributed by atoms with E-state index < -0.39 is 0 Å². The number of carbonyl (C=O) groups excluding carboxylic acids is 2. The highest BCUT2D eigenvalue weighted by molar-refractivity contribution is 7.99. The topological polar surface area (TPSA) is 58.6 Å². The van der Waals surface area contributed by atoms with Crippen LogP contribution in [0.5, 0.6) is 0 Å². The summed E-state index contributed by atoms with van der Waals surface area (Å²) in [6.45, 7) is 3.40. The molecule has 1 aliphatic heterocycles. The SMILES string of the molecule is COC(=O)c1ccc(NC(=O)N2CCSCC2)c(C)c1. The maximum absolute atomic E-state index is 12.1. The average Bonchev–Trinajstić information content (AvgIpc) is 2.49. The van der Waals surface area contributed by atoms with Crippen molar-refractivity contribution in [3.8, 4) is 0 Å². The van der Waals surface area contributed by atoms with Crippen LogP contribution in [0.2, 0.25) is 0 Å². The van der Waals surface area contributed by atoms with Crippen molar-refractivity contribution in [2.45, 2.75) is 6.92 Å². The zero-order valence-corrected chi connectivity index (χ0v) is 12.5. The van der Waals surface area contributed by atoms with Crippen LogP contribution >= 0.6 is 11.8 Å². The Balaban J connectivity index is 2.05. The number of benzene rings is 1. The number of aryl methyl sites for hydroxylation is 1. The fourth-order valence-corrected chi connectivity index (χ4v) is 2.91. The van der Waals surface area contributed by atoms with Gasteiger partial charge < -0.3 is 15.0 Å². The molecule has 1 heterocycles. The third kappa shape index (κ3) is 3.45. The van der Waals surface area contributed by atoms with Gasteiger partial charge in [-0.3, -0.25) is 0 Å². The number of methoxy groups -OCH3 is 1. The third-order valence-corrected chi connectivity index (χ3v) is 4.13. The Labute approximate surface area is 122 Å². The van der Waals surface area contributed by atoms with Crippen LogP contribution in [0.25, 0.3) is 0 Å². The monoisotopic (exact) mass is 294 g/mol. The smallest absolute Gasteiger partial charge is 0.337 e. The summed E-state index contributed by atoms with van der Waals surface area (Å²) in [5.74, 6) is 1.58. The molecule has 0 atom stereocenters. The van der Waals surface area contributed by atoms with Gasteiger partial charge in [0.2, 0.25) is 0 Å². The van der Waals surface area contributed by atoms with Gasteiger partial charge in [0.1, 0.15) is 0 Å². The quantitative estimate of drug-likeness (QED) is 0.851. The highest BCUT2D eigenvalue weighted by atomic mass is 32.2. The number of esters is 1. The second kappa shape index (κ2) is 6.65. The molecule has 108 valence electrons. The second-order valence-electron chi connectivity index (χ2n) is 4.55. The molecule has 20 heavy (non-hydrogen) atoms. The molecule has 2 amide bonds. The number of carbonyl (C=O) groups is 2. The minimum atomic E-state index is -0.376. The van der Waals surface area contributed by atoms with Crippen LogP contribution in [-0.2, 0) is 4.74 Å². The maximum atomic E-state index is 12.1. The van der Waals surface area contributed by atoms with E-state index in [1.165, 1.54) is 7.11 Å². The van der Waals surface area contributed by atoms with E-state index in [1.54, 1.807) is 18.2 Å². The molecule has 0 saturated carbocycles. The van der Waals surface area contributed by atoms with Gasteiger partial charge in [0.05, 0.1) is 12.7 Å². The van der Waals surface area contributed by atoms with Crippen molar-refractivity contribution >= 4 is 29.4 Å². The number of nitrogens with one attached hydrogen (secondary N) is 1. The van der Waals surface area contributed by atoms with Gasteiger partial charge in [-0.25, -0.2) is 9.59 Å². The summed E-state index contributed by atoms with van der Waals surface area (Å²) in [5, 5.41) is 2.89. The molecule has 0 unspecified atom stereocenters. The van der Waals surface area contributed by atoms with E-state index in [4.69, 9.17) is 0 Å². The summed E-state index contributed by atoms with van der Waals surface area (Å²) in [4.78, 5) is 25.3. The van der Waals surface area contributed by atoms with Crippen molar-refractivity contribution in [3.05, 3.63) is 29.3 Å². The predicted octanol–water partition coefficient (Wildman–Crippen LogP) is 2.36. The van der Waals surface area contributed by atoms with E-state index in [-0.39, 0.29) is 12.0 Å². The van der Waals surface area contributed by atoms with Gasteiger partial charge in [0.25, 0.3) is 0 Å². The number of amides is 2. The van der Waals surface area contributed by atoms with E-state index in [2.05, 4.69) is 10.1 Å². The minimum Gasteiger partial charge on any atom is -0.465 e. The molecule has 0 bridgehead atoms. The van der Waals surface area contributed by atoms with Gasteiger partial charge in [0, 0.05) is 30.3 Å². The first-order valence-electron chi connectivity index (χ1n) is 6.44. The fraction of sp³-hybridized carbons (Fsp3) is 0.429. The average molecular weight is 294 g/mol. The van der Waals surface area contributed by atoms with Gasteiger partial charge in [-0.15, -0.1) is 0 Å². The summed E-state index contributed by atoms with van der Waals surface area (Å²) < 4.78 is 4.67. The van der Waals surface area contributed by atoms with Crippen LogP contribution in [0, 0.1) is 6.92 Å². The van der Waals surface area contributed by atoms with E-state index in [1.807, 2.05) is 23.6 Å². The van der Waals surface area contributed by atoms with Gasteiger partial charge in [-0.2, -0.15) is 11.8 Å². The highest BCUT2D eigenvalue weighted by Gasteiger charge is 2.17. The van der Waals surface area contributed by atoms with Gasteiger partial charge in [0.15, 0.2) is 0 Å². The van der Waals surface area contributed by atoms with Gasteiger partial charge in [-0.05, 0) is 30.7 Å². The van der Waals surface area contributed by atoms with Crippen molar-refractivity contribution in [1.29, 1.82) is 0 Å². The van der Waals surface area contributed by atoms with Crippen molar-refractivity contribution < 1.29 is 14.3 Å². The first-order chi connectivity index (χ1) is 9.61. The summed E-state index contributed by atoms with van der Waals surface area (Å²) in [7, 11) is 1.35. The van der Waals surface area contributed by atoms with Crippen molar-refractivity contribution in [1.82, 2.24) is 4.90 Å². The lowest BCUT2D eigenvalue weighted by atomic mass is 10.1. The van der Waals surface area contributed by atoms with Crippen LogP contribution in [0.4, 0.5) is 10.5 Å². The van der Waals surface area contributed by atoms with Crippen molar-refractivity contribution in [2.24, 2.45) is 0 Å². The standard InChI is InChI=1S/C14H18N2O3S/c1-10-9-11(13(17)19-2)3-4-12(10)15-14(18)16-5-7-20-8-6-16/h3-4,9H,5-8H2,1-2H3,(H,15,18). The van der Waals surface area contributed by atoms with E-state index in [9.17, 15) is 9.59 Å². The normalized spacial score (nSPS) is 14.8. The van der Waals surface area contributed by atoms with E-state index >= 15 is 0 Å². The molecule has 1 N–H and O–H groups in total. The minimum absolute atomic E-state index is 0.0841. The van der Waals surface area contributed by atoms with Crippen LogP contribution in [0.1, 0.15) is 15.9 Å². The molecule has 1 fully saturated rings. The first-order valence-corrected chi connectivity index (χ1v) is 7.60. The summed E-state index contributed by atoms with van der Waals surface area (Å²) in [6.07, 6.45) is 0. The second-order valence-corrected chi connectivity index (χ2v) is 5.78. The predicted molar refractivity (Wildman–Crippen MR) is 80.4 cm³/mol. The lowest BCUT2D eigenvalue weighted by Crippen LogP contribution is -2.40. The number of rotatable bonds is 2. The van der Waals surface area contributed by atoms with Gasteiger partial charge in [-0.1, -0.05) is 0 Å². The maximum Gasteiger partial charge on any atom is 0.337 e. The van der Waals surface area contributed by atoms with Crippen LogP contribution in [0.3, 0.4) is 0 Å². The number of hydrogen-bond acceptors (Lipinski definition) is 4. The van der Waals surface area contributed by atoms with E-state index in [0.717, 1.165) is 35.8 Å². The van der Waals surface area contributed by atoms with Gasteiger partial charge >= 0.3 is 12.0 Å². The molecule has 6 heteroatoms. The van der Waals surface area contributed by atoms with Crippen LogP contribution in [0.15, 0.2) is 18.2 Å². The highest BCUT2D eigenvalue weighted by Crippen LogP contribution is 2.18. The molecule has 2 rings (SSSR count). The number of ether oxygens (including phenoxy) is 1. The number of thioether (sulfide) groups is 1. The number of nitrogens with zero attached hydrogens (tertiary/aromatic N) is 1. The third-order valence-electron chi connectivity index (χ3n) is 3.19. The Morgan fingerprint density at radius 3 is 2.60 bits per heavy atom. The molecule has 0 radical (unpaired) electrons. The molecule has 1 aliphatic rings. The lowest BCUT2D eigenvalue weighted by molar-refractivity contribution is 0.0600. The Bertz CT molecular complexity index is 513. The van der Waals surface area contributed by atoms with Crippen molar-refractivity contribution in [2.75, 3.05) is 37.0 Å². The van der Waals surface area contributed by atoms with Crippen molar-refractivity contribution in [3.63, 3.8) is 0 Å². The Morgan fingerprint density at radius 2 is 2.00 bits per heavy atom. The van der Waals surface area contributed by atoms with Crippen LogP contribution < -0.4 is 5.32 Å². The zero-order chi connectivity index (χ0) is 14.5.